The largest absolute Gasteiger partial charge is 0.368 e. The number of aliphatic hydroxyl groups excluding tert-OH is 1. The fraction of sp³-hybridized carbons (Fsp3) is 0.444. The van der Waals surface area contributed by atoms with E-state index in [1.807, 2.05) is 25.2 Å². The molecule has 1 aromatic carbocycles. The molecule has 0 spiro atoms. The molecule has 1 unspecified atom stereocenters. The monoisotopic (exact) mass is 451 g/mol. The summed E-state index contributed by atoms with van der Waals surface area (Å²) in [4.78, 5) is 0. The Morgan fingerprint density at radius 3 is 2.78 bits per heavy atom. The number of hydrogen-bond acceptors (Lipinski definition) is 5. The van der Waals surface area contributed by atoms with Crippen LogP contribution in [-0.4, -0.2) is 39.3 Å². The molecule has 27 heavy (non-hydrogen) atoms. The van der Waals surface area contributed by atoms with Crippen molar-refractivity contribution in [3.8, 4) is 0 Å². The zero-order chi connectivity index (χ0) is 19.6. The Labute approximate surface area is 168 Å². The quantitative estimate of drug-likeness (QED) is 0.308. The van der Waals surface area contributed by atoms with Crippen molar-refractivity contribution in [2.45, 2.75) is 38.6 Å². The van der Waals surface area contributed by atoms with Gasteiger partial charge in [0.2, 0.25) is 0 Å². The Kier molecular flexibility index (Phi) is 6.04. The van der Waals surface area contributed by atoms with E-state index < -0.39 is 14.3 Å². The van der Waals surface area contributed by atoms with Gasteiger partial charge >= 0.3 is 0 Å². The number of anilines is 1. The van der Waals surface area contributed by atoms with E-state index in [2.05, 4.69) is 51.1 Å². The molecule has 2 heterocycles. The highest BCUT2D eigenvalue weighted by atomic mass is 79.9. The van der Waals surface area contributed by atoms with Gasteiger partial charge in [-0.05, 0) is 24.2 Å². The maximum absolute atomic E-state index is 10.7. The molecule has 146 valence electrons. The molecule has 0 amide bonds. The minimum absolute atomic E-state index is 0.358. The second-order valence-corrected chi connectivity index (χ2v) is 14.4. The van der Waals surface area contributed by atoms with Crippen LogP contribution in [0.1, 0.15) is 11.9 Å². The highest BCUT2D eigenvalue weighted by Gasteiger charge is 2.19. The number of ether oxygens (including phenoxy) is 1. The molecular weight excluding hydrogens is 426 g/mol. The van der Waals surface area contributed by atoms with Gasteiger partial charge < -0.3 is 15.2 Å². The lowest BCUT2D eigenvalue weighted by atomic mass is 10.2. The van der Waals surface area contributed by atoms with Crippen LogP contribution in [0.15, 0.2) is 35.1 Å². The van der Waals surface area contributed by atoms with Gasteiger partial charge in [-0.15, -0.1) is 0 Å². The summed E-state index contributed by atoms with van der Waals surface area (Å²) in [6.07, 6.45) is 2.53. The molecule has 3 aromatic rings. The van der Waals surface area contributed by atoms with Crippen LogP contribution in [0.5, 0.6) is 0 Å². The van der Waals surface area contributed by atoms with E-state index in [4.69, 9.17) is 4.74 Å². The lowest BCUT2D eigenvalue weighted by molar-refractivity contribution is 0.0803. The van der Waals surface area contributed by atoms with Gasteiger partial charge in [0, 0.05) is 37.8 Å². The highest BCUT2D eigenvalue weighted by molar-refractivity contribution is 9.10. The van der Waals surface area contributed by atoms with Crippen LogP contribution in [0.4, 0.5) is 5.69 Å². The summed E-state index contributed by atoms with van der Waals surface area (Å²) in [5.74, 6) is 0. The van der Waals surface area contributed by atoms with Crippen molar-refractivity contribution in [1.29, 1.82) is 0 Å². The first-order valence-electron chi connectivity index (χ1n) is 8.90. The zero-order valence-corrected chi connectivity index (χ0v) is 18.7. The number of aryl methyl sites for hydroxylation is 1. The molecule has 2 N–H and O–H groups in total. The van der Waals surface area contributed by atoms with Crippen LogP contribution in [-0.2, 0) is 18.5 Å². The van der Waals surface area contributed by atoms with E-state index >= 15 is 0 Å². The number of hydrogen-bond donors (Lipinski definition) is 2. The maximum atomic E-state index is 10.7. The highest BCUT2D eigenvalue weighted by Crippen LogP contribution is 2.27. The molecular formula is C18H26BrN5O2Si. The third-order valence-corrected chi connectivity index (χ3v) is 6.42. The zero-order valence-electron chi connectivity index (χ0n) is 16.1. The number of nitrogens with one attached hydrogen (secondary N) is 1. The van der Waals surface area contributed by atoms with Gasteiger partial charge in [0.05, 0.1) is 17.4 Å². The van der Waals surface area contributed by atoms with E-state index in [1.54, 1.807) is 21.8 Å². The van der Waals surface area contributed by atoms with E-state index in [0.717, 1.165) is 33.7 Å². The van der Waals surface area contributed by atoms with Crippen molar-refractivity contribution < 1.29 is 9.84 Å². The number of rotatable bonds is 8. The second-order valence-electron chi connectivity index (χ2n) is 7.84. The first kappa shape index (κ1) is 20.1. The first-order chi connectivity index (χ1) is 12.7. The number of nitrogens with zero attached hydrogens (tertiary/aromatic N) is 4. The van der Waals surface area contributed by atoms with Gasteiger partial charge in [-0.2, -0.15) is 10.2 Å². The number of aliphatic hydroxyl groups is 1. The molecule has 0 bridgehead atoms. The van der Waals surface area contributed by atoms with Gasteiger partial charge in [-0.3, -0.25) is 4.68 Å². The molecule has 0 aliphatic carbocycles. The van der Waals surface area contributed by atoms with Crippen molar-refractivity contribution in [2.75, 3.05) is 11.9 Å². The van der Waals surface area contributed by atoms with E-state index in [9.17, 15) is 5.11 Å². The Morgan fingerprint density at radius 1 is 1.33 bits per heavy atom. The summed E-state index contributed by atoms with van der Waals surface area (Å²) >= 11 is 3.51. The molecule has 0 radical (unpaired) electrons. The summed E-state index contributed by atoms with van der Waals surface area (Å²) < 4.78 is 10.3. The molecule has 7 nitrogen and oxygen atoms in total. The Bertz CT molecular complexity index is 918. The summed E-state index contributed by atoms with van der Waals surface area (Å²) in [7, 11) is 0.698. The van der Waals surface area contributed by atoms with E-state index in [1.165, 1.54) is 0 Å². The van der Waals surface area contributed by atoms with Crippen LogP contribution in [0.2, 0.25) is 25.7 Å². The fourth-order valence-corrected chi connectivity index (χ4v) is 3.83. The van der Waals surface area contributed by atoms with Gasteiger partial charge in [-0.25, -0.2) is 4.68 Å². The van der Waals surface area contributed by atoms with Crippen molar-refractivity contribution in [3.05, 3.63) is 40.8 Å². The number of halogens is 1. The van der Waals surface area contributed by atoms with E-state index in [-0.39, 0.29) is 0 Å². The molecule has 3 rings (SSSR count). The lowest BCUT2D eigenvalue weighted by Gasteiger charge is -2.15. The molecule has 0 fully saturated rings. The van der Waals surface area contributed by atoms with Gasteiger partial charge in [0.25, 0.3) is 0 Å². The molecule has 9 heteroatoms. The second kappa shape index (κ2) is 8.13. The topological polar surface area (TPSA) is 77.1 Å². The fourth-order valence-electron chi connectivity index (χ4n) is 2.72. The Balaban J connectivity index is 1.80. The standard InChI is InChI=1S/C18H26BrN5O2Si/c1-23-11-14(10-20-23)21-18(25)17-15-6-5-13(19)9-16(15)24(22-17)12-26-7-8-27(2,3)4/h5-6,9-11,18,21,25H,7-8,12H2,1-4H3. The van der Waals surface area contributed by atoms with E-state index in [0.29, 0.717) is 12.4 Å². The summed E-state index contributed by atoms with van der Waals surface area (Å²) in [5, 5.41) is 23.3. The summed E-state index contributed by atoms with van der Waals surface area (Å²) in [6.45, 7) is 8.06. The van der Waals surface area contributed by atoms with Crippen LogP contribution in [0.25, 0.3) is 10.9 Å². The average Bonchev–Trinajstić information content (AvgIpc) is 3.14. The number of benzene rings is 1. The van der Waals surface area contributed by atoms with Gasteiger partial charge in [0.1, 0.15) is 12.4 Å². The number of aromatic nitrogens is 4. The Hall–Kier alpha value is -1.68. The van der Waals surface area contributed by atoms with Crippen molar-refractivity contribution >= 4 is 40.6 Å². The van der Waals surface area contributed by atoms with Crippen molar-refractivity contribution in [3.63, 3.8) is 0 Å². The van der Waals surface area contributed by atoms with Crippen molar-refractivity contribution in [2.24, 2.45) is 7.05 Å². The minimum Gasteiger partial charge on any atom is -0.368 e. The van der Waals surface area contributed by atoms with Gasteiger partial charge in [0.15, 0.2) is 6.23 Å². The Morgan fingerprint density at radius 2 is 2.11 bits per heavy atom. The van der Waals surface area contributed by atoms with Crippen molar-refractivity contribution in [1.82, 2.24) is 19.6 Å². The lowest BCUT2D eigenvalue weighted by Crippen LogP contribution is -2.22. The SMILES string of the molecule is Cn1cc(NC(O)c2nn(COCC[Si](C)(C)C)c3cc(Br)ccc23)cn1. The molecule has 0 aliphatic rings. The average molecular weight is 452 g/mol. The third-order valence-electron chi connectivity index (χ3n) is 4.22. The third kappa shape index (κ3) is 5.19. The van der Waals surface area contributed by atoms with Crippen LogP contribution < -0.4 is 5.32 Å². The number of fused-ring (bicyclic) bond motifs is 1. The van der Waals surface area contributed by atoms with Crippen LogP contribution in [0.3, 0.4) is 0 Å². The van der Waals surface area contributed by atoms with Gasteiger partial charge in [-0.1, -0.05) is 35.6 Å². The predicted octanol–water partition coefficient (Wildman–Crippen LogP) is 3.95. The molecule has 2 aromatic heterocycles. The predicted molar refractivity (Wildman–Crippen MR) is 113 cm³/mol. The van der Waals surface area contributed by atoms with Crippen LogP contribution in [0, 0.1) is 0 Å². The normalized spacial score (nSPS) is 13.3. The maximum Gasteiger partial charge on any atom is 0.170 e. The molecule has 0 aliphatic heterocycles. The summed E-state index contributed by atoms with van der Waals surface area (Å²) in [6, 6.07) is 6.99. The minimum atomic E-state index is -1.13. The molecule has 1 atom stereocenters. The molecule has 0 saturated heterocycles. The van der Waals surface area contributed by atoms with Crippen LogP contribution >= 0.6 is 15.9 Å². The molecule has 0 saturated carbocycles. The summed E-state index contributed by atoms with van der Waals surface area (Å²) in [5.41, 5.74) is 2.21. The smallest absolute Gasteiger partial charge is 0.170 e. The first-order valence-corrected chi connectivity index (χ1v) is 13.4.